The van der Waals surface area contributed by atoms with E-state index in [9.17, 15) is 23.3 Å². The van der Waals surface area contributed by atoms with Crippen molar-refractivity contribution in [1.29, 1.82) is 0 Å². The topological polar surface area (TPSA) is 113 Å². The molecule has 2 aliphatic heterocycles. The van der Waals surface area contributed by atoms with Crippen molar-refractivity contribution in [2.45, 2.75) is 18.2 Å². The highest BCUT2D eigenvalue weighted by Crippen LogP contribution is 2.26. The van der Waals surface area contributed by atoms with E-state index >= 15 is 0 Å². The molecule has 0 aliphatic carbocycles. The number of nitro benzene ring substituents is 1. The SMILES string of the molecule is CCc1ccc(C(=O)N2CCN(c3cccc([N+](=O)[O-])c3)CC2)cc1S(=O)(=O)N1CCOCC1. The van der Waals surface area contributed by atoms with Gasteiger partial charge >= 0.3 is 0 Å². The van der Waals surface area contributed by atoms with E-state index in [-0.39, 0.29) is 16.5 Å². The number of nitro groups is 1. The van der Waals surface area contributed by atoms with Crippen LogP contribution in [0.3, 0.4) is 0 Å². The average Bonchev–Trinajstić information content (AvgIpc) is 2.88. The third kappa shape index (κ3) is 4.91. The Balaban J connectivity index is 1.50. The maximum atomic E-state index is 13.3. The summed E-state index contributed by atoms with van der Waals surface area (Å²) in [6.07, 6.45) is 0.537. The lowest BCUT2D eigenvalue weighted by molar-refractivity contribution is -0.384. The van der Waals surface area contributed by atoms with E-state index in [4.69, 9.17) is 4.74 Å². The second kappa shape index (κ2) is 10.1. The number of non-ortho nitro benzene ring substituents is 1. The van der Waals surface area contributed by atoms with E-state index in [1.54, 1.807) is 23.1 Å². The van der Waals surface area contributed by atoms with Crippen LogP contribution in [0.5, 0.6) is 0 Å². The Morgan fingerprint density at radius 3 is 2.38 bits per heavy atom. The van der Waals surface area contributed by atoms with E-state index in [1.165, 1.54) is 22.5 Å². The number of ether oxygens (including phenoxy) is 1. The number of anilines is 1. The van der Waals surface area contributed by atoms with E-state index < -0.39 is 14.9 Å². The lowest BCUT2D eigenvalue weighted by Gasteiger charge is -2.36. The van der Waals surface area contributed by atoms with E-state index in [1.807, 2.05) is 17.9 Å². The van der Waals surface area contributed by atoms with Crippen LogP contribution in [0.2, 0.25) is 0 Å². The Bertz CT molecular complexity index is 1170. The monoisotopic (exact) mass is 488 g/mol. The zero-order valence-electron chi connectivity index (χ0n) is 19.1. The minimum Gasteiger partial charge on any atom is -0.379 e. The highest BCUT2D eigenvalue weighted by atomic mass is 32.2. The first kappa shape index (κ1) is 24.1. The molecule has 2 aromatic carbocycles. The molecule has 0 radical (unpaired) electrons. The van der Waals surface area contributed by atoms with Crippen molar-refractivity contribution in [2.75, 3.05) is 57.4 Å². The summed E-state index contributed by atoms with van der Waals surface area (Å²) < 4.78 is 33.3. The van der Waals surface area contributed by atoms with Gasteiger partial charge in [-0.1, -0.05) is 19.1 Å². The number of morpholine rings is 1. The molecule has 0 spiro atoms. The molecule has 0 N–H and O–H groups in total. The van der Waals surface area contributed by atoms with Gasteiger partial charge < -0.3 is 14.5 Å². The minimum atomic E-state index is -3.73. The number of piperazine rings is 1. The molecule has 0 aromatic heterocycles. The van der Waals surface area contributed by atoms with Crippen LogP contribution >= 0.6 is 0 Å². The van der Waals surface area contributed by atoms with Gasteiger partial charge in [0.25, 0.3) is 11.6 Å². The summed E-state index contributed by atoms with van der Waals surface area (Å²) in [7, 11) is -3.73. The summed E-state index contributed by atoms with van der Waals surface area (Å²) in [6, 6.07) is 11.4. The van der Waals surface area contributed by atoms with Crippen LogP contribution in [0, 0.1) is 10.1 Å². The molecule has 10 nitrogen and oxygen atoms in total. The number of carbonyl (C=O) groups excluding carboxylic acids is 1. The van der Waals surface area contributed by atoms with Gasteiger partial charge in [0.05, 0.1) is 23.0 Å². The molecule has 0 atom stereocenters. The molecule has 0 saturated carbocycles. The van der Waals surface area contributed by atoms with Crippen LogP contribution in [-0.4, -0.2) is 80.9 Å². The van der Waals surface area contributed by atoms with Crippen LogP contribution in [-0.2, 0) is 21.2 Å². The van der Waals surface area contributed by atoms with Crippen molar-refractivity contribution in [1.82, 2.24) is 9.21 Å². The van der Waals surface area contributed by atoms with Gasteiger partial charge in [0.15, 0.2) is 0 Å². The van der Waals surface area contributed by atoms with Gasteiger partial charge in [-0.05, 0) is 30.2 Å². The van der Waals surface area contributed by atoms with Gasteiger partial charge in [-0.3, -0.25) is 14.9 Å². The molecule has 2 fully saturated rings. The van der Waals surface area contributed by atoms with Crippen LogP contribution in [0.4, 0.5) is 11.4 Å². The fourth-order valence-corrected chi connectivity index (χ4v) is 6.03. The Hall–Kier alpha value is -3.02. The molecule has 4 rings (SSSR count). The average molecular weight is 489 g/mol. The smallest absolute Gasteiger partial charge is 0.271 e. The van der Waals surface area contributed by atoms with Crippen LogP contribution in [0.15, 0.2) is 47.4 Å². The molecular formula is C23H28N4O6S. The Labute approximate surface area is 198 Å². The number of nitrogens with zero attached hydrogens (tertiary/aromatic N) is 4. The number of carbonyl (C=O) groups is 1. The first-order valence-electron chi connectivity index (χ1n) is 11.3. The predicted octanol–water partition coefficient (Wildman–Crippen LogP) is 2.14. The van der Waals surface area contributed by atoms with Gasteiger partial charge in [0.2, 0.25) is 10.0 Å². The van der Waals surface area contributed by atoms with Crippen molar-refractivity contribution in [3.63, 3.8) is 0 Å². The van der Waals surface area contributed by atoms with Gasteiger partial charge in [-0.2, -0.15) is 4.31 Å². The lowest BCUT2D eigenvalue weighted by Crippen LogP contribution is -2.48. The van der Waals surface area contributed by atoms with E-state index in [2.05, 4.69) is 0 Å². The molecule has 2 aliphatic rings. The first-order chi connectivity index (χ1) is 16.3. The minimum absolute atomic E-state index is 0.0287. The number of amides is 1. The van der Waals surface area contributed by atoms with Crippen molar-refractivity contribution < 1.29 is 22.9 Å². The normalized spacial score (nSPS) is 17.6. The third-order valence-electron chi connectivity index (χ3n) is 6.26. The highest BCUT2D eigenvalue weighted by molar-refractivity contribution is 7.89. The van der Waals surface area contributed by atoms with Crippen LogP contribution in [0.25, 0.3) is 0 Å². The number of hydrogen-bond acceptors (Lipinski definition) is 7. The summed E-state index contributed by atoms with van der Waals surface area (Å²) in [4.78, 5) is 27.7. The van der Waals surface area contributed by atoms with Gasteiger partial charge in [0, 0.05) is 62.7 Å². The molecule has 11 heteroatoms. The maximum absolute atomic E-state index is 13.3. The maximum Gasteiger partial charge on any atom is 0.271 e. The molecule has 0 unspecified atom stereocenters. The first-order valence-corrected chi connectivity index (χ1v) is 12.7. The Kier molecular flexibility index (Phi) is 7.15. The molecule has 182 valence electrons. The fourth-order valence-electron chi connectivity index (χ4n) is 4.30. The standard InChI is InChI=1S/C23H28N4O6S/c1-2-18-6-7-19(16-22(18)34(31,32)26-12-14-33-15-13-26)23(28)25-10-8-24(9-11-25)20-4-3-5-21(17-20)27(29)30/h3-7,16-17H,2,8-15H2,1H3. The summed E-state index contributed by atoms with van der Waals surface area (Å²) in [5.74, 6) is -0.222. The van der Waals surface area contributed by atoms with Crippen LogP contribution < -0.4 is 4.90 Å². The van der Waals surface area contributed by atoms with E-state index in [0.717, 1.165) is 5.69 Å². The number of rotatable bonds is 6. The van der Waals surface area contributed by atoms with Crippen molar-refractivity contribution in [3.8, 4) is 0 Å². The zero-order chi connectivity index (χ0) is 24.3. The van der Waals surface area contributed by atoms with E-state index in [0.29, 0.717) is 70.0 Å². The van der Waals surface area contributed by atoms with Gasteiger partial charge in [-0.25, -0.2) is 8.42 Å². The Morgan fingerprint density at radius 1 is 1.03 bits per heavy atom. The summed E-state index contributed by atoms with van der Waals surface area (Å²) in [6.45, 7) is 5.11. The fraction of sp³-hybridized carbons (Fsp3) is 0.435. The second-order valence-corrected chi connectivity index (χ2v) is 10.2. The number of sulfonamides is 1. The summed E-state index contributed by atoms with van der Waals surface area (Å²) in [5.41, 5.74) is 1.79. The second-order valence-electron chi connectivity index (χ2n) is 8.25. The van der Waals surface area contributed by atoms with Gasteiger partial charge in [0.1, 0.15) is 0 Å². The van der Waals surface area contributed by atoms with Gasteiger partial charge in [-0.15, -0.1) is 0 Å². The predicted molar refractivity (Wildman–Crippen MR) is 127 cm³/mol. The summed E-state index contributed by atoms with van der Waals surface area (Å²) in [5, 5.41) is 11.1. The Morgan fingerprint density at radius 2 is 1.74 bits per heavy atom. The summed E-state index contributed by atoms with van der Waals surface area (Å²) >= 11 is 0. The van der Waals surface area contributed by atoms with Crippen molar-refractivity contribution >= 4 is 27.3 Å². The molecule has 2 heterocycles. The molecule has 34 heavy (non-hydrogen) atoms. The molecule has 0 bridgehead atoms. The van der Waals surface area contributed by atoms with Crippen molar-refractivity contribution in [2.24, 2.45) is 0 Å². The molecule has 2 saturated heterocycles. The molecule has 2 aromatic rings. The third-order valence-corrected chi connectivity index (χ3v) is 8.24. The van der Waals surface area contributed by atoms with Crippen LogP contribution in [0.1, 0.15) is 22.8 Å². The molecule has 1 amide bonds. The van der Waals surface area contributed by atoms with Crippen molar-refractivity contribution in [3.05, 3.63) is 63.7 Å². The lowest BCUT2D eigenvalue weighted by atomic mass is 10.1. The highest BCUT2D eigenvalue weighted by Gasteiger charge is 2.30. The largest absolute Gasteiger partial charge is 0.379 e. The number of hydrogen-bond donors (Lipinski definition) is 0. The quantitative estimate of drug-likeness (QED) is 0.452. The zero-order valence-corrected chi connectivity index (χ0v) is 19.9. The molecular weight excluding hydrogens is 460 g/mol. The number of aryl methyl sites for hydroxylation is 1. The number of benzene rings is 2.